The standard InChI is InChI=1S/C20H33N3O3.HI/c1-4-21-19(23-15-20(24)9-5-10-20)22-14-17-8-7-16(2)13-18(17)26-12-6-11-25-3;/h7-8,13,24H,4-6,9-12,14-15H2,1-3H3,(H2,21,22,23);1H. The van der Waals surface area contributed by atoms with E-state index in [4.69, 9.17) is 9.47 Å². The molecule has 1 aromatic carbocycles. The van der Waals surface area contributed by atoms with Gasteiger partial charge in [-0.05, 0) is 44.7 Å². The number of hydrogen-bond acceptors (Lipinski definition) is 4. The molecule has 0 aliphatic heterocycles. The highest BCUT2D eigenvalue weighted by molar-refractivity contribution is 14.0. The number of aryl methyl sites for hydroxylation is 1. The molecule has 0 atom stereocenters. The molecule has 6 nitrogen and oxygen atoms in total. The van der Waals surface area contributed by atoms with E-state index < -0.39 is 5.60 Å². The van der Waals surface area contributed by atoms with Crippen molar-refractivity contribution in [1.82, 2.24) is 10.6 Å². The lowest BCUT2D eigenvalue weighted by atomic mass is 9.80. The molecule has 1 fully saturated rings. The summed E-state index contributed by atoms with van der Waals surface area (Å²) in [6.45, 7) is 7.24. The van der Waals surface area contributed by atoms with E-state index >= 15 is 0 Å². The van der Waals surface area contributed by atoms with Gasteiger partial charge in [0.15, 0.2) is 5.96 Å². The number of methoxy groups -OCH3 is 1. The summed E-state index contributed by atoms with van der Waals surface area (Å²) in [7, 11) is 1.70. The van der Waals surface area contributed by atoms with Crippen LogP contribution in [-0.4, -0.2) is 50.1 Å². The molecule has 154 valence electrons. The maximum Gasteiger partial charge on any atom is 0.191 e. The third-order valence-electron chi connectivity index (χ3n) is 4.59. The summed E-state index contributed by atoms with van der Waals surface area (Å²) >= 11 is 0. The molecule has 0 radical (unpaired) electrons. The zero-order chi connectivity index (χ0) is 18.8. The van der Waals surface area contributed by atoms with Crippen molar-refractivity contribution in [3.63, 3.8) is 0 Å². The summed E-state index contributed by atoms with van der Waals surface area (Å²) in [5.74, 6) is 1.59. The van der Waals surface area contributed by atoms with Crippen molar-refractivity contribution < 1.29 is 14.6 Å². The van der Waals surface area contributed by atoms with Gasteiger partial charge in [-0.25, -0.2) is 4.99 Å². The van der Waals surface area contributed by atoms with E-state index in [0.717, 1.165) is 55.1 Å². The quantitative estimate of drug-likeness (QED) is 0.203. The van der Waals surface area contributed by atoms with Crippen molar-refractivity contribution >= 4 is 29.9 Å². The van der Waals surface area contributed by atoms with Crippen LogP contribution in [0.5, 0.6) is 5.75 Å². The van der Waals surface area contributed by atoms with E-state index in [1.54, 1.807) is 7.11 Å². The van der Waals surface area contributed by atoms with Crippen LogP contribution in [0, 0.1) is 6.92 Å². The number of nitrogens with one attached hydrogen (secondary N) is 2. The Kier molecular flexibility index (Phi) is 11.0. The van der Waals surface area contributed by atoms with E-state index in [9.17, 15) is 5.11 Å². The molecule has 1 aliphatic carbocycles. The van der Waals surface area contributed by atoms with Gasteiger partial charge in [-0.2, -0.15) is 0 Å². The summed E-state index contributed by atoms with van der Waals surface area (Å²) in [6.07, 6.45) is 3.67. The van der Waals surface area contributed by atoms with Gasteiger partial charge in [0.25, 0.3) is 0 Å². The fourth-order valence-electron chi connectivity index (χ4n) is 2.83. The van der Waals surface area contributed by atoms with Crippen molar-refractivity contribution in [2.45, 2.75) is 51.7 Å². The van der Waals surface area contributed by atoms with Gasteiger partial charge < -0.3 is 25.2 Å². The summed E-state index contributed by atoms with van der Waals surface area (Å²) < 4.78 is 11.0. The molecule has 1 aromatic rings. The molecule has 1 aliphatic rings. The zero-order valence-electron chi connectivity index (χ0n) is 16.7. The average Bonchev–Trinajstić information content (AvgIpc) is 2.60. The predicted octanol–water partition coefficient (Wildman–Crippen LogP) is 3.00. The van der Waals surface area contributed by atoms with Crippen molar-refractivity contribution in [3.8, 4) is 5.75 Å². The van der Waals surface area contributed by atoms with Gasteiger partial charge in [-0.15, -0.1) is 24.0 Å². The zero-order valence-corrected chi connectivity index (χ0v) is 19.0. The van der Waals surface area contributed by atoms with Gasteiger partial charge in [0.05, 0.1) is 18.8 Å². The number of hydrogen-bond donors (Lipinski definition) is 3. The molecule has 1 saturated carbocycles. The Morgan fingerprint density at radius 2 is 2.04 bits per heavy atom. The van der Waals surface area contributed by atoms with E-state index in [1.807, 2.05) is 6.92 Å². The van der Waals surface area contributed by atoms with Crippen LogP contribution in [-0.2, 0) is 11.3 Å². The third-order valence-corrected chi connectivity index (χ3v) is 4.59. The van der Waals surface area contributed by atoms with Crippen LogP contribution >= 0.6 is 24.0 Å². The Morgan fingerprint density at radius 3 is 2.67 bits per heavy atom. The second-order valence-electron chi connectivity index (χ2n) is 6.93. The first-order valence-electron chi connectivity index (χ1n) is 9.52. The van der Waals surface area contributed by atoms with Crippen molar-refractivity contribution in [2.75, 3.05) is 33.4 Å². The minimum atomic E-state index is -0.574. The molecular weight excluding hydrogens is 457 g/mol. The topological polar surface area (TPSA) is 75.1 Å². The minimum absolute atomic E-state index is 0. The lowest BCUT2D eigenvalue weighted by Gasteiger charge is -2.37. The number of benzene rings is 1. The molecule has 0 unspecified atom stereocenters. The highest BCUT2D eigenvalue weighted by Crippen LogP contribution is 2.30. The normalized spacial score (nSPS) is 15.5. The van der Waals surface area contributed by atoms with Gasteiger partial charge in [0, 0.05) is 38.8 Å². The van der Waals surface area contributed by atoms with Gasteiger partial charge in [0.2, 0.25) is 0 Å². The first-order chi connectivity index (χ1) is 12.6. The molecule has 27 heavy (non-hydrogen) atoms. The molecule has 2 rings (SSSR count). The third kappa shape index (κ3) is 8.23. The maximum absolute atomic E-state index is 10.3. The number of guanidine groups is 1. The summed E-state index contributed by atoms with van der Waals surface area (Å²) in [5, 5.41) is 16.7. The number of aliphatic hydroxyl groups is 1. The monoisotopic (exact) mass is 491 g/mol. The number of rotatable bonds is 10. The molecule has 0 spiro atoms. The van der Waals surface area contributed by atoms with Gasteiger partial charge in [-0.1, -0.05) is 12.1 Å². The molecule has 0 aromatic heterocycles. The van der Waals surface area contributed by atoms with Crippen molar-refractivity contribution in [3.05, 3.63) is 29.3 Å². The molecule has 3 N–H and O–H groups in total. The smallest absolute Gasteiger partial charge is 0.191 e. The minimum Gasteiger partial charge on any atom is -0.493 e. The van der Waals surface area contributed by atoms with Gasteiger partial charge in [-0.3, -0.25) is 0 Å². The average molecular weight is 491 g/mol. The fourth-order valence-corrected chi connectivity index (χ4v) is 2.83. The fraction of sp³-hybridized carbons (Fsp3) is 0.650. The second kappa shape index (κ2) is 12.4. The SMILES string of the molecule is CCNC(=NCc1ccc(C)cc1OCCCOC)NCC1(O)CCC1.I. The molecular formula is C20H34IN3O3. The van der Waals surface area contributed by atoms with Crippen molar-refractivity contribution in [2.24, 2.45) is 4.99 Å². The highest BCUT2D eigenvalue weighted by Gasteiger charge is 2.34. The van der Waals surface area contributed by atoms with E-state index in [0.29, 0.717) is 26.3 Å². The molecule has 0 heterocycles. The van der Waals surface area contributed by atoms with Crippen LogP contribution in [0.15, 0.2) is 23.2 Å². The molecule has 7 heteroatoms. The lowest BCUT2D eigenvalue weighted by Crippen LogP contribution is -2.50. The Morgan fingerprint density at radius 1 is 1.26 bits per heavy atom. The molecule has 0 bridgehead atoms. The first kappa shape index (κ1) is 24.0. The summed E-state index contributed by atoms with van der Waals surface area (Å²) in [5.41, 5.74) is 1.64. The number of halogens is 1. The Bertz CT molecular complexity index is 592. The largest absolute Gasteiger partial charge is 0.493 e. The maximum atomic E-state index is 10.3. The van der Waals surface area contributed by atoms with Crippen LogP contribution < -0.4 is 15.4 Å². The Hall–Kier alpha value is -1.06. The van der Waals surface area contributed by atoms with Gasteiger partial charge in [0.1, 0.15) is 5.75 Å². The molecule has 0 saturated heterocycles. The first-order valence-corrected chi connectivity index (χ1v) is 9.52. The van der Waals surface area contributed by atoms with E-state index in [-0.39, 0.29) is 24.0 Å². The van der Waals surface area contributed by atoms with Crippen LogP contribution in [0.3, 0.4) is 0 Å². The van der Waals surface area contributed by atoms with Crippen molar-refractivity contribution in [1.29, 1.82) is 0 Å². The number of ether oxygens (including phenoxy) is 2. The van der Waals surface area contributed by atoms with E-state index in [2.05, 4.69) is 40.7 Å². The van der Waals surface area contributed by atoms with Crippen LogP contribution in [0.4, 0.5) is 0 Å². The number of nitrogens with zero attached hydrogens (tertiary/aromatic N) is 1. The number of aliphatic imine (C=N–C) groups is 1. The predicted molar refractivity (Wildman–Crippen MR) is 120 cm³/mol. The van der Waals surface area contributed by atoms with Crippen LogP contribution in [0.2, 0.25) is 0 Å². The van der Waals surface area contributed by atoms with Crippen LogP contribution in [0.1, 0.15) is 43.7 Å². The molecule has 0 amide bonds. The van der Waals surface area contributed by atoms with E-state index in [1.165, 1.54) is 0 Å². The Labute approximate surface area is 180 Å². The Balaban J connectivity index is 0.00000364. The second-order valence-corrected chi connectivity index (χ2v) is 6.93. The lowest BCUT2D eigenvalue weighted by molar-refractivity contribution is -0.0279. The highest BCUT2D eigenvalue weighted by atomic mass is 127. The summed E-state index contributed by atoms with van der Waals surface area (Å²) in [6, 6.07) is 6.19. The van der Waals surface area contributed by atoms with Crippen LogP contribution in [0.25, 0.3) is 0 Å². The van der Waals surface area contributed by atoms with Gasteiger partial charge >= 0.3 is 0 Å². The summed E-state index contributed by atoms with van der Waals surface area (Å²) in [4.78, 5) is 4.66.